The summed E-state index contributed by atoms with van der Waals surface area (Å²) in [6, 6.07) is 0. The normalized spacial score (nSPS) is 14.6. The van der Waals surface area contributed by atoms with Gasteiger partial charge in [0.05, 0.1) is 0 Å². The van der Waals surface area contributed by atoms with Crippen LogP contribution in [0.5, 0.6) is 0 Å². The van der Waals surface area contributed by atoms with E-state index in [0.717, 1.165) is 0 Å². The predicted octanol–water partition coefficient (Wildman–Crippen LogP) is 0.569. The van der Waals surface area contributed by atoms with Gasteiger partial charge >= 0.3 is 6.09 Å². The number of allylic oxidation sites excluding steroid dienone is 2. The van der Waals surface area contributed by atoms with E-state index in [0.29, 0.717) is 6.54 Å². The Kier molecular flexibility index (Phi) is 3.21. The topological polar surface area (TPSA) is 71.0 Å². The van der Waals surface area contributed by atoms with Crippen molar-refractivity contribution in [2.75, 3.05) is 6.54 Å². The SMILES string of the molecule is O=C(O)N1C=CC=CC1.[N]. The highest BCUT2D eigenvalue weighted by Crippen LogP contribution is 1.97. The first-order valence-electron chi connectivity index (χ1n) is 2.63. The molecule has 1 aliphatic rings. The molecule has 1 heterocycles. The standard InChI is InChI=1S/C6H7NO2.N/c8-6(9)7-4-2-1-3-5-7;/h1-4H,5H2,(H,8,9);. The molecule has 1 N–H and O–H groups in total. The first-order chi connectivity index (χ1) is 4.30. The van der Waals surface area contributed by atoms with Crippen LogP contribution in [0.4, 0.5) is 4.79 Å². The van der Waals surface area contributed by atoms with Crippen LogP contribution in [0.3, 0.4) is 0 Å². The summed E-state index contributed by atoms with van der Waals surface area (Å²) in [6.45, 7) is 0.464. The molecule has 1 rings (SSSR count). The van der Waals surface area contributed by atoms with Crippen molar-refractivity contribution in [3.63, 3.8) is 0 Å². The Balaban J connectivity index is 0.000000810. The van der Waals surface area contributed by atoms with Crippen LogP contribution < -0.4 is 6.15 Å². The fraction of sp³-hybridized carbons (Fsp3) is 0.167. The summed E-state index contributed by atoms with van der Waals surface area (Å²) in [5, 5.41) is 8.38. The zero-order valence-corrected chi connectivity index (χ0v) is 5.27. The van der Waals surface area contributed by atoms with E-state index < -0.39 is 6.09 Å². The summed E-state index contributed by atoms with van der Waals surface area (Å²) < 4.78 is 0. The van der Waals surface area contributed by atoms with Gasteiger partial charge in [-0.15, -0.1) is 0 Å². The quantitative estimate of drug-likeness (QED) is 0.532. The second kappa shape index (κ2) is 3.68. The number of amides is 1. The maximum absolute atomic E-state index is 10.2. The van der Waals surface area contributed by atoms with Crippen LogP contribution in [-0.4, -0.2) is 22.6 Å². The van der Waals surface area contributed by atoms with E-state index in [1.165, 1.54) is 11.1 Å². The molecule has 0 atom stereocenters. The Labute approximate surface area is 59.0 Å². The van der Waals surface area contributed by atoms with Crippen molar-refractivity contribution in [3.8, 4) is 0 Å². The number of hydrogen-bond acceptors (Lipinski definition) is 1. The number of carboxylic acid groups (broad SMARTS) is 1. The molecule has 1 aliphatic heterocycles. The third kappa shape index (κ3) is 1.91. The number of hydrogen-bond donors (Lipinski definition) is 1. The number of rotatable bonds is 0. The van der Waals surface area contributed by atoms with Gasteiger partial charge in [0.25, 0.3) is 0 Å². The Morgan fingerprint density at radius 3 is 2.50 bits per heavy atom. The van der Waals surface area contributed by atoms with E-state index >= 15 is 0 Å². The lowest BCUT2D eigenvalue weighted by atomic mass is 10.4. The van der Waals surface area contributed by atoms with Gasteiger partial charge in [0.1, 0.15) is 0 Å². The lowest BCUT2D eigenvalue weighted by Crippen LogP contribution is -2.24. The molecular formula is C6H7N2O2. The molecule has 0 aromatic heterocycles. The van der Waals surface area contributed by atoms with Crippen molar-refractivity contribution >= 4 is 6.09 Å². The Hall–Kier alpha value is -1.29. The van der Waals surface area contributed by atoms with Crippen LogP contribution in [0.15, 0.2) is 24.4 Å². The van der Waals surface area contributed by atoms with E-state index in [1.807, 2.05) is 6.08 Å². The molecule has 0 aliphatic carbocycles. The number of nitrogens with zero attached hydrogens (tertiary/aromatic N) is 2. The maximum atomic E-state index is 10.2. The first kappa shape index (κ1) is 8.71. The first-order valence-corrected chi connectivity index (χ1v) is 2.63. The number of carbonyl (C=O) groups is 1. The highest BCUT2D eigenvalue weighted by atomic mass is 16.4. The molecule has 0 spiro atoms. The molecule has 10 heavy (non-hydrogen) atoms. The molecule has 1 amide bonds. The average molecular weight is 139 g/mol. The molecule has 0 unspecified atom stereocenters. The smallest absolute Gasteiger partial charge is 0.411 e. The molecule has 0 aromatic carbocycles. The van der Waals surface area contributed by atoms with Crippen molar-refractivity contribution in [2.24, 2.45) is 0 Å². The van der Waals surface area contributed by atoms with Gasteiger partial charge in [0, 0.05) is 18.9 Å². The molecule has 0 saturated heterocycles. The largest absolute Gasteiger partial charge is 0.465 e. The van der Waals surface area contributed by atoms with Gasteiger partial charge < -0.3 is 5.11 Å². The van der Waals surface area contributed by atoms with E-state index in [-0.39, 0.29) is 6.15 Å². The summed E-state index contributed by atoms with van der Waals surface area (Å²) in [4.78, 5) is 11.4. The van der Waals surface area contributed by atoms with Crippen LogP contribution >= 0.6 is 0 Å². The van der Waals surface area contributed by atoms with Gasteiger partial charge in [-0.05, 0) is 6.08 Å². The zero-order chi connectivity index (χ0) is 6.69. The van der Waals surface area contributed by atoms with Crippen LogP contribution in [0.2, 0.25) is 0 Å². The van der Waals surface area contributed by atoms with Gasteiger partial charge in [0.2, 0.25) is 0 Å². The molecule has 0 fully saturated rings. The minimum Gasteiger partial charge on any atom is -0.465 e. The molecule has 4 nitrogen and oxygen atoms in total. The van der Waals surface area contributed by atoms with Gasteiger partial charge in [-0.1, -0.05) is 12.2 Å². The van der Waals surface area contributed by atoms with Gasteiger partial charge in [-0.3, -0.25) is 4.90 Å². The van der Waals surface area contributed by atoms with Crippen molar-refractivity contribution in [1.29, 1.82) is 0 Å². The molecule has 3 radical (unpaired) electrons. The highest BCUT2D eigenvalue weighted by Gasteiger charge is 2.05. The molecule has 0 aromatic rings. The maximum Gasteiger partial charge on any atom is 0.411 e. The van der Waals surface area contributed by atoms with E-state index in [9.17, 15) is 4.79 Å². The van der Waals surface area contributed by atoms with Crippen molar-refractivity contribution < 1.29 is 9.90 Å². The average Bonchev–Trinajstić information content (AvgIpc) is 1.90. The van der Waals surface area contributed by atoms with Gasteiger partial charge in [0.15, 0.2) is 0 Å². The third-order valence-corrected chi connectivity index (χ3v) is 1.06. The van der Waals surface area contributed by atoms with Crippen LogP contribution in [-0.2, 0) is 0 Å². The molecule has 53 valence electrons. The second-order valence-corrected chi connectivity index (χ2v) is 1.70. The van der Waals surface area contributed by atoms with E-state index in [2.05, 4.69) is 0 Å². The lowest BCUT2D eigenvalue weighted by molar-refractivity contribution is 0.166. The third-order valence-electron chi connectivity index (χ3n) is 1.06. The predicted molar refractivity (Wildman–Crippen MR) is 35.1 cm³/mol. The van der Waals surface area contributed by atoms with Crippen LogP contribution in [0, 0.1) is 0 Å². The minimum absolute atomic E-state index is 0. The fourth-order valence-corrected chi connectivity index (χ4v) is 0.609. The summed E-state index contributed by atoms with van der Waals surface area (Å²) in [5.41, 5.74) is 0. The van der Waals surface area contributed by atoms with Gasteiger partial charge in [-0.2, -0.15) is 0 Å². The van der Waals surface area contributed by atoms with E-state index in [4.69, 9.17) is 5.11 Å². The monoisotopic (exact) mass is 139 g/mol. The van der Waals surface area contributed by atoms with Crippen LogP contribution in [0.1, 0.15) is 0 Å². The Morgan fingerprint density at radius 1 is 1.50 bits per heavy atom. The molecular weight excluding hydrogens is 132 g/mol. The van der Waals surface area contributed by atoms with Crippen molar-refractivity contribution in [3.05, 3.63) is 24.4 Å². The molecule has 0 bridgehead atoms. The van der Waals surface area contributed by atoms with E-state index in [1.54, 1.807) is 12.2 Å². The van der Waals surface area contributed by atoms with Crippen molar-refractivity contribution in [1.82, 2.24) is 11.1 Å². The lowest BCUT2D eigenvalue weighted by Gasteiger charge is -2.12. The van der Waals surface area contributed by atoms with Crippen LogP contribution in [0.25, 0.3) is 0 Å². The molecule has 4 heteroatoms. The fourth-order valence-electron chi connectivity index (χ4n) is 0.609. The van der Waals surface area contributed by atoms with Gasteiger partial charge in [-0.25, -0.2) is 4.79 Å². The summed E-state index contributed by atoms with van der Waals surface area (Å²) in [5.74, 6) is 0. The summed E-state index contributed by atoms with van der Waals surface area (Å²) in [6.07, 6.45) is 5.92. The summed E-state index contributed by atoms with van der Waals surface area (Å²) in [7, 11) is 0. The Morgan fingerprint density at radius 2 is 2.20 bits per heavy atom. The summed E-state index contributed by atoms with van der Waals surface area (Å²) >= 11 is 0. The van der Waals surface area contributed by atoms with Crippen molar-refractivity contribution in [2.45, 2.75) is 0 Å². The Bertz CT molecular complexity index is 175. The second-order valence-electron chi connectivity index (χ2n) is 1.70. The molecule has 0 saturated carbocycles. The zero-order valence-electron chi connectivity index (χ0n) is 5.27. The highest BCUT2D eigenvalue weighted by molar-refractivity contribution is 5.66. The minimum atomic E-state index is -0.907.